The van der Waals surface area contributed by atoms with Crippen LogP contribution < -0.4 is 19.9 Å². The lowest BCUT2D eigenvalue weighted by atomic mass is 9.91. The Morgan fingerprint density at radius 1 is 0.963 bits per heavy atom. The number of ether oxygens (including phenoxy) is 2. The molecule has 0 radical (unpaired) electrons. The number of hydrogen-bond donors (Lipinski definition) is 3. The molecule has 3 aromatic heterocycles. The Kier molecular flexibility index (Phi) is 18.1. The number of carbonyl (C=O) groups excluding carboxylic acids is 4. The van der Waals surface area contributed by atoms with Gasteiger partial charge >= 0.3 is 0 Å². The molecule has 4 amide bonds. The van der Waals surface area contributed by atoms with Crippen LogP contribution in [0.25, 0.3) is 43.2 Å². The maximum absolute atomic E-state index is 17.4. The van der Waals surface area contributed by atoms with Gasteiger partial charge in [-0.15, -0.1) is 11.3 Å². The SMILES string of the molecule is CC(=O)N1CCN(c2nc(N(CCOCCCOc3cc([C@@H](C(=O)N4C[C@H](O)C[C@H]4C(=O)NCc4ccc(-c5scnc5C)cc4)C(C)C)on3)CCC(=O)N(C)C)nc3c(F)c(-c4cc(O)cc5ccccc45)c(Cl)cc23)CC1. The van der Waals surface area contributed by atoms with Gasteiger partial charge in [0.05, 0.1) is 40.4 Å². The van der Waals surface area contributed by atoms with Gasteiger partial charge in [0.2, 0.25) is 29.6 Å². The van der Waals surface area contributed by atoms with E-state index >= 15 is 4.39 Å². The second-order valence-corrected chi connectivity index (χ2v) is 22.0. The Morgan fingerprint density at radius 3 is 2.44 bits per heavy atom. The number of aromatic hydroxyl groups is 1. The predicted octanol–water partition coefficient (Wildman–Crippen LogP) is 7.82. The van der Waals surface area contributed by atoms with E-state index in [0.717, 1.165) is 21.7 Å². The van der Waals surface area contributed by atoms with Crippen molar-refractivity contribution < 1.29 is 47.8 Å². The Morgan fingerprint density at radius 2 is 1.73 bits per heavy atom. The number of likely N-dealkylation sites (tertiary alicyclic amines) is 1. The minimum Gasteiger partial charge on any atom is -0.508 e. The first-order valence-corrected chi connectivity index (χ1v) is 28.0. The zero-order chi connectivity index (χ0) is 56.8. The second-order valence-electron chi connectivity index (χ2n) is 20.7. The molecule has 2 saturated heterocycles. The first-order chi connectivity index (χ1) is 38.4. The number of aryl methyl sites for hydroxylation is 1. The van der Waals surface area contributed by atoms with Gasteiger partial charge in [-0.25, -0.2) is 14.4 Å². The molecule has 3 atom stereocenters. The van der Waals surface area contributed by atoms with Crippen LogP contribution in [0.5, 0.6) is 11.6 Å². The molecule has 0 spiro atoms. The largest absolute Gasteiger partial charge is 0.508 e. The molecule has 5 heterocycles. The molecule has 22 heteroatoms. The normalized spacial score (nSPS) is 15.9. The van der Waals surface area contributed by atoms with E-state index in [0.29, 0.717) is 60.1 Å². The smallest absolute Gasteiger partial charge is 0.254 e. The number of nitrogens with one attached hydrogen (secondary N) is 1. The maximum atomic E-state index is 17.4. The number of thiazole rings is 1. The Balaban J connectivity index is 0.850. The number of phenolic OH excluding ortho intramolecular Hbond substituents is 1. The topological polar surface area (TPSA) is 220 Å². The molecule has 9 rings (SSSR count). The van der Waals surface area contributed by atoms with Gasteiger partial charge in [0.1, 0.15) is 29.0 Å². The molecule has 0 bridgehead atoms. The van der Waals surface area contributed by atoms with Crippen molar-refractivity contribution in [3.05, 3.63) is 106 Å². The van der Waals surface area contributed by atoms with Gasteiger partial charge < -0.3 is 54.0 Å². The highest BCUT2D eigenvalue weighted by atomic mass is 35.5. The number of benzene rings is 4. The molecule has 2 aliphatic rings. The number of halogens is 2. The van der Waals surface area contributed by atoms with Gasteiger partial charge in [-0.05, 0) is 63.7 Å². The number of β-amino-alcohol motifs (C(OH)–C–C–N with tert-alkyl or cyclic N) is 1. The van der Waals surface area contributed by atoms with E-state index in [2.05, 4.69) is 15.5 Å². The van der Waals surface area contributed by atoms with Gasteiger partial charge in [-0.3, -0.25) is 19.2 Å². The highest BCUT2D eigenvalue weighted by molar-refractivity contribution is 7.13. The number of rotatable bonds is 21. The molecule has 422 valence electrons. The van der Waals surface area contributed by atoms with Gasteiger partial charge in [0, 0.05) is 116 Å². The predicted molar refractivity (Wildman–Crippen MR) is 304 cm³/mol. The number of anilines is 2. The van der Waals surface area contributed by atoms with Crippen molar-refractivity contribution in [2.24, 2.45) is 5.92 Å². The average Bonchev–Trinajstić information content (AvgIpc) is 4.22. The fourth-order valence-electron chi connectivity index (χ4n) is 10.3. The highest BCUT2D eigenvalue weighted by Crippen LogP contribution is 2.43. The van der Waals surface area contributed by atoms with Crippen LogP contribution in [0.4, 0.5) is 16.2 Å². The molecule has 80 heavy (non-hydrogen) atoms. The summed E-state index contributed by atoms with van der Waals surface area (Å²) in [6.45, 7) is 10.2. The Hall–Kier alpha value is -7.46. The number of aromatic nitrogens is 4. The molecule has 3 N–H and O–H groups in total. The van der Waals surface area contributed by atoms with Crippen LogP contribution in [0.3, 0.4) is 0 Å². The van der Waals surface area contributed by atoms with Crippen molar-refractivity contribution in [1.29, 1.82) is 0 Å². The summed E-state index contributed by atoms with van der Waals surface area (Å²) >= 11 is 8.55. The first kappa shape index (κ1) is 57.2. The average molecular weight is 1130 g/mol. The van der Waals surface area contributed by atoms with Crippen LogP contribution in [0.2, 0.25) is 5.02 Å². The fourth-order valence-corrected chi connectivity index (χ4v) is 11.4. The molecular formula is C58H66ClFN10O9S. The van der Waals surface area contributed by atoms with E-state index in [1.54, 1.807) is 53.4 Å². The van der Waals surface area contributed by atoms with Crippen LogP contribution in [0, 0.1) is 18.7 Å². The van der Waals surface area contributed by atoms with Crippen molar-refractivity contribution >= 4 is 80.0 Å². The van der Waals surface area contributed by atoms with Crippen LogP contribution >= 0.6 is 22.9 Å². The lowest BCUT2D eigenvalue weighted by Crippen LogP contribution is -2.48. The third-order valence-corrected chi connectivity index (χ3v) is 15.9. The van der Waals surface area contributed by atoms with Gasteiger partial charge in [0.15, 0.2) is 11.6 Å². The number of nitrogens with zero attached hydrogens (tertiary/aromatic N) is 9. The summed E-state index contributed by atoms with van der Waals surface area (Å²) in [5.74, 6) is -1.73. The monoisotopic (exact) mass is 1130 g/mol. The molecule has 0 unspecified atom stereocenters. The van der Waals surface area contributed by atoms with E-state index < -0.39 is 23.9 Å². The summed E-state index contributed by atoms with van der Waals surface area (Å²) in [5.41, 5.74) is 5.14. The number of aliphatic hydroxyl groups is 1. The Labute approximate surface area is 472 Å². The lowest BCUT2D eigenvalue weighted by Gasteiger charge is -2.36. The molecule has 0 saturated carbocycles. The van der Waals surface area contributed by atoms with E-state index in [4.69, 9.17) is 35.6 Å². The molecule has 7 aromatic rings. The highest BCUT2D eigenvalue weighted by Gasteiger charge is 2.43. The van der Waals surface area contributed by atoms with Gasteiger partial charge in [-0.1, -0.05) is 74.0 Å². The molecule has 4 aromatic carbocycles. The van der Waals surface area contributed by atoms with Crippen LogP contribution in [0.1, 0.15) is 63.0 Å². The standard InChI is InChI=1S/C58H66ClFN10O9S/c1-34(2)50(57(76)70-32-41(73)28-46(70)56(75)61-31-37-12-14-38(15-13-37)54-35(3)62-33-80-54)47-30-48(65-79-47)78-24-9-23-77-25-22-69(17-16-49(74)66(5)6)58-63-53-44(55(64-58)68-20-18-67(19-21-68)36(4)71)29-45(59)51(52(53)60)43-27-40(72)26-39-10-7-8-11-42(39)43/h7-8,10-15,26-27,29-30,33-34,41,46,50,72-73H,9,16-25,28,31-32H2,1-6H3,(H,61,75)/t41-,46+,50+/m1/s1. The van der Waals surface area contributed by atoms with Crippen molar-refractivity contribution in [2.45, 2.75) is 71.6 Å². The maximum Gasteiger partial charge on any atom is 0.254 e. The number of fused-ring (bicyclic) bond motifs is 2. The van der Waals surface area contributed by atoms with Crippen LogP contribution in [-0.2, 0) is 30.5 Å². The molecular weight excluding hydrogens is 1070 g/mol. The van der Waals surface area contributed by atoms with E-state index in [-0.39, 0.29) is 128 Å². The molecule has 2 fully saturated rings. The van der Waals surface area contributed by atoms with Crippen molar-refractivity contribution in [3.63, 3.8) is 0 Å². The Bertz CT molecular complexity index is 3370. The van der Waals surface area contributed by atoms with Crippen LogP contribution in [-0.4, -0.2) is 161 Å². The lowest BCUT2D eigenvalue weighted by molar-refractivity contribution is -0.141. The quantitative estimate of drug-likeness (QED) is 0.0584. The van der Waals surface area contributed by atoms with Crippen LogP contribution in [0.15, 0.2) is 82.8 Å². The number of phenols is 1. The number of amides is 4. The summed E-state index contributed by atoms with van der Waals surface area (Å²) in [5, 5.41) is 30.3. The summed E-state index contributed by atoms with van der Waals surface area (Å²) in [6, 6.07) is 20.6. The molecule has 19 nitrogen and oxygen atoms in total. The number of aliphatic hydroxyl groups excluding tert-OH is 1. The summed E-state index contributed by atoms with van der Waals surface area (Å²) < 4.78 is 35.2. The third kappa shape index (κ3) is 12.9. The number of piperazine rings is 1. The van der Waals surface area contributed by atoms with Gasteiger partial charge in [-0.2, -0.15) is 4.98 Å². The summed E-state index contributed by atoms with van der Waals surface area (Å²) in [7, 11) is 3.34. The van der Waals surface area contributed by atoms with E-state index in [1.165, 1.54) is 22.8 Å². The summed E-state index contributed by atoms with van der Waals surface area (Å²) in [6.07, 6.45) is -0.236. The van der Waals surface area contributed by atoms with Crippen molar-refractivity contribution in [2.75, 3.05) is 89.5 Å². The number of hydrogen-bond acceptors (Lipinski definition) is 16. The molecule has 2 aliphatic heterocycles. The number of carbonyl (C=O) groups is 4. The van der Waals surface area contributed by atoms with E-state index in [9.17, 15) is 29.4 Å². The van der Waals surface area contributed by atoms with Crippen molar-refractivity contribution in [1.82, 2.24) is 40.1 Å². The van der Waals surface area contributed by atoms with Crippen molar-refractivity contribution in [3.8, 4) is 33.2 Å². The minimum atomic E-state index is -0.878. The van der Waals surface area contributed by atoms with Gasteiger partial charge in [0.25, 0.3) is 5.88 Å². The molecule has 0 aliphatic carbocycles. The third-order valence-electron chi connectivity index (χ3n) is 14.6. The summed E-state index contributed by atoms with van der Waals surface area (Å²) in [4.78, 5) is 76.9. The minimum absolute atomic E-state index is 0.00237. The fraction of sp³-hybridized carbons (Fsp3) is 0.414. The second kappa shape index (κ2) is 25.3. The first-order valence-electron chi connectivity index (χ1n) is 26.8. The van der Waals surface area contributed by atoms with E-state index in [1.807, 2.05) is 79.7 Å². The zero-order valence-corrected chi connectivity index (χ0v) is 47.2. The zero-order valence-electron chi connectivity index (χ0n) is 45.7.